The third-order valence-electron chi connectivity index (χ3n) is 6.81. The van der Waals surface area contributed by atoms with Crippen molar-refractivity contribution in [3.63, 3.8) is 0 Å². The minimum absolute atomic E-state index is 0.000927. The number of phenolic OH excluding ortho intramolecular Hbond substituents is 2. The molecule has 0 amide bonds. The first kappa shape index (κ1) is 31.4. The molecule has 0 aliphatic rings. The molecule has 0 saturated carbocycles. The zero-order valence-corrected chi connectivity index (χ0v) is 25.8. The van der Waals surface area contributed by atoms with Crippen molar-refractivity contribution in [2.45, 2.75) is 30.6 Å². The van der Waals surface area contributed by atoms with Gasteiger partial charge in [-0.15, -0.1) is 15.3 Å². The largest absolute Gasteiger partial charge is 0.506 e. The van der Waals surface area contributed by atoms with E-state index in [2.05, 4.69) is 25.8 Å². The van der Waals surface area contributed by atoms with Crippen LogP contribution in [0.1, 0.15) is 19.4 Å². The van der Waals surface area contributed by atoms with Gasteiger partial charge in [0.25, 0.3) is 0 Å². The van der Waals surface area contributed by atoms with Gasteiger partial charge in [-0.2, -0.15) is 5.11 Å². The summed E-state index contributed by atoms with van der Waals surface area (Å²) in [6.07, 6.45) is 0. The maximum atomic E-state index is 12.4. The number of hydrogen-bond acceptors (Lipinski definition) is 12. The number of phenols is 2. The van der Waals surface area contributed by atoms with Crippen molar-refractivity contribution in [1.82, 2.24) is 0 Å². The standard InChI is InChI=1S/C29H31N5O7S2/c1-6-42(37,38)18-9-8-17(3)23(14-18)32-34-28-19-10-13-22(29(36)20(19)11-12-21(28)30-4)31-33-24-15-26(41-5)27(16-25(24)35)43(39,40)7-2/h8-16,30,35-36H,6-7H2,1-5H3. The molecule has 0 radical (unpaired) electrons. The number of nitrogens with one attached hydrogen (secondary N) is 1. The van der Waals surface area contributed by atoms with Crippen LogP contribution in [0.25, 0.3) is 10.8 Å². The van der Waals surface area contributed by atoms with Crippen LogP contribution >= 0.6 is 0 Å². The molecule has 3 N–H and O–H groups in total. The summed E-state index contributed by atoms with van der Waals surface area (Å²) in [6.45, 7) is 4.85. The molecule has 12 nitrogen and oxygen atoms in total. The maximum Gasteiger partial charge on any atom is 0.181 e. The van der Waals surface area contributed by atoms with Crippen molar-refractivity contribution in [2.24, 2.45) is 20.5 Å². The monoisotopic (exact) mass is 625 g/mol. The number of aryl methyl sites for hydroxylation is 1. The van der Waals surface area contributed by atoms with Crippen molar-refractivity contribution in [2.75, 3.05) is 31.0 Å². The molecule has 0 spiro atoms. The number of benzene rings is 4. The van der Waals surface area contributed by atoms with Crippen LogP contribution in [-0.2, 0) is 19.7 Å². The van der Waals surface area contributed by atoms with Crippen LogP contribution in [0.2, 0.25) is 0 Å². The van der Waals surface area contributed by atoms with Crippen LogP contribution in [0.3, 0.4) is 0 Å². The molecule has 0 unspecified atom stereocenters. The van der Waals surface area contributed by atoms with E-state index in [1.165, 1.54) is 38.3 Å². The van der Waals surface area contributed by atoms with Gasteiger partial charge in [-0.1, -0.05) is 19.9 Å². The second kappa shape index (κ2) is 12.4. The van der Waals surface area contributed by atoms with Gasteiger partial charge in [-0.3, -0.25) is 0 Å². The second-order valence-electron chi connectivity index (χ2n) is 9.39. The number of sulfone groups is 2. The van der Waals surface area contributed by atoms with Gasteiger partial charge < -0.3 is 20.3 Å². The average Bonchev–Trinajstić information content (AvgIpc) is 3.00. The summed E-state index contributed by atoms with van der Waals surface area (Å²) < 4.78 is 54.7. The van der Waals surface area contributed by atoms with Gasteiger partial charge in [-0.05, 0) is 48.9 Å². The van der Waals surface area contributed by atoms with Crippen LogP contribution in [0.15, 0.2) is 84.8 Å². The molecule has 14 heteroatoms. The molecule has 0 aliphatic heterocycles. The van der Waals surface area contributed by atoms with Crippen LogP contribution < -0.4 is 10.1 Å². The van der Waals surface area contributed by atoms with Gasteiger partial charge in [0.15, 0.2) is 25.4 Å². The summed E-state index contributed by atoms with van der Waals surface area (Å²) >= 11 is 0. The minimum atomic E-state index is -3.67. The van der Waals surface area contributed by atoms with Crippen molar-refractivity contribution in [3.8, 4) is 17.2 Å². The molecule has 4 rings (SSSR count). The van der Waals surface area contributed by atoms with E-state index in [4.69, 9.17) is 4.74 Å². The fraction of sp³-hybridized carbons (Fsp3) is 0.241. The first-order chi connectivity index (χ1) is 20.4. The molecule has 0 aliphatic carbocycles. The molecule has 0 fully saturated rings. The van der Waals surface area contributed by atoms with Crippen molar-refractivity contribution >= 4 is 58.9 Å². The van der Waals surface area contributed by atoms with E-state index in [9.17, 15) is 27.0 Å². The number of ether oxygens (including phenoxy) is 1. The van der Waals surface area contributed by atoms with E-state index in [1.807, 2.05) is 0 Å². The molecule has 43 heavy (non-hydrogen) atoms. The SMILES string of the molecule is CCS(=O)(=O)c1ccc(C)c(N=Nc2c(NC)ccc3c(O)c(N=Nc4cc(OC)c(S(=O)(=O)CC)cc4O)ccc23)c1. The van der Waals surface area contributed by atoms with Crippen molar-refractivity contribution in [3.05, 3.63) is 60.2 Å². The van der Waals surface area contributed by atoms with E-state index >= 15 is 0 Å². The van der Waals surface area contributed by atoms with Crippen LogP contribution in [0.4, 0.5) is 28.4 Å². The van der Waals surface area contributed by atoms with E-state index in [0.29, 0.717) is 27.8 Å². The third-order valence-corrected chi connectivity index (χ3v) is 10.3. The second-order valence-corrected chi connectivity index (χ2v) is 13.9. The lowest BCUT2D eigenvalue weighted by Crippen LogP contribution is -2.05. The fourth-order valence-electron chi connectivity index (χ4n) is 4.20. The highest BCUT2D eigenvalue weighted by atomic mass is 32.2. The van der Waals surface area contributed by atoms with E-state index < -0.39 is 25.4 Å². The Morgan fingerprint density at radius 2 is 1.42 bits per heavy atom. The van der Waals surface area contributed by atoms with Crippen LogP contribution in [-0.4, -0.2) is 52.7 Å². The van der Waals surface area contributed by atoms with Gasteiger partial charge >= 0.3 is 0 Å². The molecular weight excluding hydrogens is 594 g/mol. The number of anilines is 1. The first-order valence-electron chi connectivity index (χ1n) is 13.1. The number of methoxy groups -OCH3 is 1. The number of rotatable bonds is 10. The Hall–Kier alpha value is -4.56. The maximum absolute atomic E-state index is 12.4. The van der Waals surface area contributed by atoms with Gasteiger partial charge in [0, 0.05) is 30.0 Å². The number of nitrogens with zero attached hydrogens (tertiary/aromatic N) is 4. The van der Waals surface area contributed by atoms with E-state index in [-0.39, 0.29) is 44.2 Å². The highest BCUT2D eigenvalue weighted by Gasteiger charge is 2.21. The molecule has 226 valence electrons. The smallest absolute Gasteiger partial charge is 0.181 e. The van der Waals surface area contributed by atoms with Crippen molar-refractivity contribution < 1.29 is 31.8 Å². The zero-order valence-electron chi connectivity index (χ0n) is 24.2. The quantitative estimate of drug-likeness (QED) is 0.157. The van der Waals surface area contributed by atoms with Crippen LogP contribution in [0, 0.1) is 6.92 Å². The van der Waals surface area contributed by atoms with Crippen LogP contribution in [0.5, 0.6) is 17.2 Å². The Morgan fingerprint density at radius 1 is 0.767 bits per heavy atom. The molecule has 0 aromatic heterocycles. The number of azo groups is 2. The summed E-state index contributed by atoms with van der Waals surface area (Å²) in [6, 6.07) is 13.5. The third kappa shape index (κ3) is 6.29. The lowest BCUT2D eigenvalue weighted by Gasteiger charge is -2.11. The van der Waals surface area contributed by atoms with Crippen molar-refractivity contribution in [1.29, 1.82) is 0 Å². The van der Waals surface area contributed by atoms with E-state index in [1.54, 1.807) is 45.2 Å². The molecule has 0 atom stereocenters. The number of fused-ring (bicyclic) bond motifs is 1. The Bertz CT molecular complexity index is 1990. The van der Waals surface area contributed by atoms with Gasteiger partial charge in [0.2, 0.25) is 0 Å². The summed E-state index contributed by atoms with van der Waals surface area (Å²) in [7, 11) is -4.10. The number of hydrogen-bond donors (Lipinski definition) is 3. The van der Waals surface area contributed by atoms with Gasteiger partial charge in [-0.25, -0.2) is 16.8 Å². The Labute approximate surface area is 249 Å². The Balaban J connectivity index is 1.76. The Kier molecular flexibility index (Phi) is 9.01. The average molecular weight is 626 g/mol. The molecule has 0 saturated heterocycles. The fourth-order valence-corrected chi connectivity index (χ4v) is 6.15. The normalized spacial score (nSPS) is 12.4. The molecular formula is C29H31N5O7S2. The summed E-state index contributed by atoms with van der Waals surface area (Å²) in [5.74, 6) is -0.872. The number of aromatic hydroxyl groups is 2. The molecule has 0 bridgehead atoms. The highest BCUT2D eigenvalue weighted by Crippen LogP contribution is 2.44. The highest BCUT2D eigenvalue weighted by molar-refractivity contribution is 7.91. The first-order valence-corrected chi connectivity index (χ1v) is 16.4. The lowest BCUT2D eigenvalue weighted by atomic mass is 10.1. The summed E-state index contributed by atoms with van der Waals surface area (Å²) in [5.41, 5.74) is 2.14. The lowest BCUT2D eigenvalue weighted by molar-refractivity contribution is 0.399. The van der Waals surface area contributed by atoms with Gasteiger partial charge in [0.1, 0.15) is 33.5 Å². The topological polar surface area (TPSA) is 179 Å². The zero-order chi connectivity index (χ0) is 31.5. The van der Waals surface area contributed by atoms with E-state index in [0.717, 1.165) is 11.6 Å². The Morgan fingerprint density at radius 3 is 2.07 bits per heavy atom. The summed E-state index contributed by atoms with van der Waals surface area (Å²) in [5, 5.41) is 42.3. The predicted octanol–water partition coefficient (Wildman–Crippen LogP) is 7.03. The minimum Gasteiger partial charge on any atom is -0.506 e. The molecule has 0 heterocycles. The van der Waals surface area contributed by atoms with Gasteiger partial charge in [0.05, 0.1) is 34.9 Å². The predicted molar refractivity (Wildman–Crippen MR) is 165 cm³/mol. The summed E-state index contributed by atoms with van der Waals surface area (Å²) in [4.78, 5) is -0.0160. The molecule has 4 aromatic rings. The molecule has 4 aromatic carbocycles.